The standard InChI is InChI=1S/C6H6O2S.C2H6.K/c7-8-5-1-3-6(9)4-2-5;1-2;/h1-4,7,9H;1-2H3;/q;;+1/p-1. The van der Waals surface area contributed by atoms with Crippen molar-refractivity contribution in [3.63, 3.8) is 0 Å². The first-order valence-corrected chi connectivity index (χ1v) is 3.86. The SMILES string of the molecule is CC.[K+].[O-]Oc1ccc(S)cc1. The molecule has 0 aliphatic rings. The van der Waals surface area contributed by atoms with E-state index in [4.69, 9.17) is 0 Å². The minimum Gasteiger partial charge on any atom is -0.664 e. The van der Waals surface area contributed by atoms with Crippen molar-refractivity contribution in [3.05, 3.63) is 24.3 Å². The average Bonchev–Trinajstić information content (AvgIpc) is 2.10. The number of hydrogen-bond donors (Lipinski definition) is 1. The molecule has 0 spiro atoms. The number of rotatable bonds is 1. The van der Waals surface area contributed by atoms with Crippen LogP contribution in [-0.2, 0) is 0 Å². The van der Waals surface area contributed by atoms with Crippen molar-refractivity contribution in [3.8, 4) is 5.75 Å². The predicted octanol–water partition coefficient (Wildman–Crippen LogP) is -1.34. The van der Waals surface area contributed by atoms with Gasteiger partial charge in [-0.05, 0) is 24.3 Å². The van der Waals surface area contributed by atoms with E-state index in [0.29, 0.717) is 5.75 Å². The van der Waals surface area contributed by atoms with Gasteiger partial charge in [0.1, 0.15) is 5.75 Å². The third kappa shape index (κ3) is 6.48. The number of thiol groups is 1. The molecule has 0 aliphatic carbocycles. The maximum Gasteiger partial charge on any atom is 1.00 e. The third-order valence-corrected chi connectivity index (χ3v) is 1.23. The van der Waals surface area contributed by atoms with E-state index >= 15 is 0 Å². The van der Waals surface area contributed by atoms with Crippen molar-refractivity contribution in [1.29, 1.82) is 0 Å². The van der Waals surface area contributed by atoms with Crippen molar-refractivity contribution in [2.45, 2.75) is 18.7 Å². The Kier molecular flexibility index (Phi) is 12.9. The van der Waals surface area contributed by atoms with Crippen LogP contribution in [0.25, 0.3) is 0 Å². The van der Waals surface area contributed by atoms with Gasteiger partial charge in [-0.3, -0.25) is 0 Å². The molecule has 0 heterocycles. The summed E-state index contributed by atoms with van der Waals surface area (Å²) < 4.78 is 0. The van der Waals surface area contributed by atoms with Crippen molar-refractivity contribution in [2.75, 3.05) is 0 Å². The molecule has 0 saturated carbocycles. The monoisotopic (exact) mass is 210 g/mol. The molecule has 0 atom stereocenters. The van der Waals surface area contributed by atoms with Crippen LogP contribution in [-0.4, -0.2) is 0 Å². The normalized spacial score (nSPS) is 7.33. The van der Waals surface area contributed by atoms with Crippen LogP contribution < -0.4 is 61.5 Å². The van der Waals surface area contributed by atoms with Gasteiger partial charge in [0.15, 0.2) is 0 Å². The maximum absolute atomic E-state index is 9.72. The number of hydrogen-bond acceptors (Lipinski definition) is 3. The summed E-state index contributed by atoms with van der Waals surface area (Å²) in [6, 6.07) is 6.51. The zero-order valence-corrected chi connectivity index (χ0v) is 11.6. The van der Waals surface area contributed by atoms with Crippen LogP contribution in [0.4, 0.5) is 0 Å². The van der Waals surface area contributed by atoms with Gasteiger partial charge in [0.05, 0.1) is 0 Å². The van der Waals surface area contributed by atoms with E-state index < -0.39 is 0 Å². The molecule has 0 radical (unpaired) electrons. The molecule has 12 heavy (non-hydrogen) atoms. The van der Waals surface area contributed by atoms with Gasteiger partial charge in [0.25, 0.3) is 0 Å². The summed E-state index contributed by atoms with van der Waals surface area (Å²) in [5, 5.41) is 9.72. The van der Waals surface area contributed by atoms with Crippen LogP contribution in [0.15, 0.2) is 29.2 Å². The zero-order valence-electron chi connectivity index (χ0n) is 7.57. The van der Waals surface area contributed by atoms with Gasteiger partial charge in [0, 0.05) is 4.90 Å². The molecule has 4 heteroatoms. The second kappa shape index (κ2) is 10.0. The molecular weight excluding hydrogens is 199 g/mol. The molecule has 0 bridgehead atoms. The Bertz CT molecular complexity index is 189. The fourth-order valence-corrected chi connectivity index (χ4v) is 0.651. The van der Waals surface area contributed by atoms with Gasteiger partial charge in [-0.15, -0.1) is 12.6 Å². The molecule has 2 nitrogen and oxygen atoms in total. The summed E-state index contributed by atoms with van der Waals surface area (Å²) in [6.07, 6.45) is 0. The summed E-state index contributed by atoms with van der Waals surface area (Å²) in [6.45, 7) is 4.00. The second-order valence-corrected chi connectivity index (χ2v) is 2.09. The fraction of sp³-hybridized carbons (Fsp3) is 0.250. The van der Waals surface area contributed by atoms with E-state index in [9.17, 15) is 5.26 Å². The van der Waals surface area contributed by atoms with Crippen molar-refractivity contribution < 1.29 is 61.5 Å². The Labute approximate surface area is 121 Å². The zero-order chi connectivity index (χ0) is 8.69. The summed E-state index contributed by atoms with van der Waals surface area (Å²) in [7, 11) is 0. The minimum absolute atomic E-state index is 0. The van der Waals surface area contributed by atoms with Gasteiger partial charge in [0.2, 0.25) is 0 Å². The Morgan fingerprint density at radius 1 is 1.17 bits per heavy atom. The number of benzene rings is 1. The van der Waals surface area contributed by atoms with E-state index in [-0.39, 0.29) is 51.4 Å². The van der Waals surface area contributed by atoms with E-state index in [1.165, 1.54) is 0 Å². The molecule has 62 valence electrons. The maximum atomic E-state index is 9.72. The summed E-state index contributed by atoms with van der Waals surface area (Å²) in [5.41, 5.74) is 0. The van der Waals surface area contributed by atoms with Gasteiger partial charge in [-0.25, -0.2) is 0 Å². The molecule has 0 saturated heterocycles. The Morgan fingerprint density at radius 2 is 1.58 bits per heavy atom. The molecule has 0 aromatic heterocycles. The smallest absolute Gasteiger partial charge is 0.664 e. The van der Waals surface area contributed by atoms with Gasteiger partial charge in [-0.1, -0.05) is 13.8 Å². The molecule has 0 aliphatic heterocycles. The van der Waals surface area contributed by atoms with E-state index in [2.05, 4.69) is 17.5 Å². The molecule has 0 amide bonds. The molecule has 1 aromatic rings. The molecule has 0 fully saturated rings. The fourth-order valence-electron chi connectivity index (χ4n) is 0.502. The van der Waals surface area contributed by atoms with Crippen LogP contribution in [0.2, 0.25) is 0 Å². The van der Waals surface area contributed by atoms with Crippen molar-refractivity contribution in [1.82, 2.24) is 0 Å². The Hall–Kier alpha value is 0.966. The van der Waals surface area contributed by atoms with Gasteiger partial charge >= 0.3 is 51.4 Å². The largest absolute Gasteiger partial charge is 1.00 e. The average molecular weight is 210 g/mol. The third-order valence-electron chi connectivity index (χ3n) is 0.933. The van der Waals surface area contributed by atoms with E-state index in [1.807, 2.05) is 13.8 Å². The van der Waals surface area contributed by atoms with Gasteiger partial charge in [-0.2, -0.15) is 0 Å². The Morgan fingerprint density at radius 3 is 1.92 bits per heavy atom. The molecule has 0 N–H and O–H groups in total. The molecule has 1 aromatic carbocycles. The predicted molar refractivity (Wildman–Crippen MR) is 45.7 cm³/mol. The summed E-state index contributed by atoms with van der Waals surface area (Å²) in [4.78, 5) is 4.50. The van der Waals surface area contributed by atoms with Crippen molar-refractivity contribution in [2.24, 2.45) is 0 Å². The first-order chi connectivity index (χ1) is 5.33. The first kappa shape index (κ1) is 15.4. The molecule has 1 rings (SSSR count). The van der Waals surface area contributed by atoms with Crippen LogP contribution in [0.5, 0.6) is 5.75 Å². The van der Waals surface area contributed by atoms with Gasteiger partial charge < -0.3 is 10.1 Å². The van der Waals surface area contributed by atoms with Crippen LogP contribution in [0.3, 0.4) is 0 Å². The van der Waals surface area contributed by atoms with E-state index in [1.54, 1.807) is 24.3 Å². The topological polar surface area (TPSA) is 32.3 Å². The quantitative estimate of drug-likeness (QED) is 0.269. The minimum atomic E-state index is 0. The Balaban J connectivity index is 0. The second-order valence-electron chi connectivity index (χ2n) is 1.58. The van der Waals surface area contributed by atoms with Crippen molar-refractivity contribution >= 4 is 12.6 Å². The van der Waals surface area contributed by atoms with Crippen LogP contribution in [0.1, 0.15) is 13.8 Å². The van der Waals surface area contributed by atoms with Crippen LogP contribution >= 0.6 is 12.6 Å². The summed E-state index contributed by atoms with van der Waals surface area (Å²) in [5.74, 6) is 0.313. The summed E-state index contributed by atoms with van der Waals surface area (Å²) >= 11 is 4.01. The molecular formula is C8H11KO2S. The molecule has 0 unspecified atom stereocenters. The first-order valence-electron chi connectivity index (χ1n) is 3.42. The van der Waals surface area contributed by atoms with E-state index in [0.717, 1.165) is 4.90 Å². The van der Waals surface area contributed by atoms with Crippen LogP contribution in [0, 0.1) is 0 Å².